The molecule has 2 amide bonds. The summed E-state index contributed by atoms with van der Waals surface area (Å²) in [5, 5.41) is 6.36. The Kier molecular flexibility index (Phi) is 8.49. The van der Waals surface area contributed by atoms with E-state index in [1.54, 1.807) is 49.4 Å². The fourth-order valence-electron chi connectivity index (χ4n) is 3.52. The lowest BCUT2D eigenvalue weighted by atomic mass is 10.2. The normalized spacial score (nSPS) is 14.9. The number of hydrogen-bond acceptors (Lipinski definition) is 9. The monoisotopic (exact) mass is 536 g/mol. The Balaban J connectivity index is 1.50. The van der Waals surface area contributed by atoms with E-state index < -0.39 is 12.0 Å². The predicted molar refractivity (Wildman–Crippen MR) is 140 cm³/mol. The van der Waals surface area contributed by atoms with Crippen molar-refractivity contribution in [2.24, 2.45) is 4.99 Å². The lowest BCUT2D eigenvalue weighted by molar-refractivity contribution is -0.134. The number of amides is 2. The van der Waals surface area contributed by atoms with Gasteiger partial charge >= 0.3 is 5.97 Å². The van der Waals surface area contributed by atoms with E-state index >= 15 is 0 Å². The molecule has 12 heteroatoms. The van der Waals surface area contributed by atoms with E-state index in [2.05, 4.69) is 30.3 Å². The zero-order chi connectivity index (χ0) is 27.1. The summed E-state index contributed by atoms with van der Waals surface area (Å²) in [6, 6.07) is 12.7. The number of guanidine groups is 1. The van der Waals surface area contributed by atoms with Gasteiger partial charge in [0.15, 0.2) is 5.69 Å². The first-order valence-electron chi connectivity index (χ1n) is 11.7. The standard InChI is InChI=1S/C26H25ClN6O5/c1-3-23(34)32-22-14-30-26(33(24(22)35)15-18-5-4-16(27)13-29-18)31-17-6-8-19(9-7-17)38-20-10-11-28-21(12-20)25(36)37-2/h4-13,22H,3,14-15H2,1-2H3,(H,30,31)(H,32,34). The number of hydrogen-bond donors (Lipinski definition) is 2. The average molecular weight is 537 g/mol. The highest BCUT2D eigenvalue weighted by Crippen LogP contribution is 2.24. The van der Waals surface area contributed by atoms with Crippen molar-refractivity contribution < 1.29 is 23.9 Å². The second-order valence-corrected chi connectivity index (χ2v) is 8.59. The lowest BCUT2D eigenvalue weighted by Gasteiger charge is -2.32. The minimum Gasteiger partial charge on any atom is -0.464 e. The van der Waals surface area contributed by atoms with Crippen LogP contribution in [0.15, 0.2) is 65.9 Å². The molecular formula is C26H25ClN6O5. The lowest BCUT2D eigenvalue weighted by Crippen LogP contribution is -2.56. The van der Waals surface area contributed by atoms with Gasteiger partial charge in [-0.25, -0.2) is 14.8 Å². The molecule has 0 fully saturated rings. The summed E-state index contributed by atoms with van der Waals surface area (Å²) in [6.07, 6.45) is 3.22. The number of pyridine rings is 2. The number of carbonyl (C=O) groups excluding carboxylic acids is 3. The molecule has 0 radical (unpaired) electrons. The van der Waals surface area contributed by atoms with E-state index in [9.17, 15) is 14.4 Å². The molecule has 1 aliphatic heterocycles. The van der Waals surface area contributed by atoms with Gasteiger partial charge in [-0.1, -0.05) is 18.5 Å². The molecule has 1 aliphatic rings. The summed E-state index contributed by atoms with van der Waals surface area (Å²) in [5.41, 5.74) is 1.39. The molecular weight excluding hydrogens is 512 g/mol. The highest BCUT2D eigenvalue weighted by atomic mass is 35.5. The summed E-state index contributed by atoms with van der Waals surface area (Å²) in [4.78, 5) is 51.1. The Morgan fingerprint density at radius 2 is 1.89 bits per heavy atom. The molecule has 0 saturated heterocycles. The molecule has 1 unspecified atom stereocenters. The Labute approximate surface area is 223 Å². The van der Waals surface area contributed by atoms with Crippen molar-refractivity contribution in [2.75, 3.05) is 19.0 Å². The van der Waals surface area contributed by atoms with Gasteiger partial charge in [-0.2, -0.15) is 0 Å². The number of aromatic nitrogens is 2. The molecule has 196 valence electrons. The number of nitrogens with one attached hydrogen (secondary N) is 2. The third-order valence-corrected chi connectivity index (χ3v) is 5.70. The fraction of sp³-hybridized carbons (Fsp3) is 0.231. The van der Waals surface area contributed by atoms with E-state index in [1.165, 1.54) is 30.5 Å². The molecule has 38 heavy (non-hydrogen) atoms. The number of rotatable bonds is 8. The second-order valence-electron chi connectivity index (χ2n) is 8.15. The van der Waals surface area contributed by atoms with E-state index in [4.69, 9.17) is 16.3 Å². The minimum atomic E-state index is -0.772. The summed E-state index contributed by atoms with van der Waals surface area (Å²) in [6.45, 7) is 1.95. The van der Waals surface area contributed by atoms with Crippen molar-refractivity contribution in [3.63, 3.8) is 0 Å². The maximum absolute atomic E-state index is 13.3. The van der Waals surface area contributed by atoms with Crippen LogP contribution in [0.25, 0.3) is 0 Å². The Hall–Kier alpha value is -4.51. The van der Waals surface area contributed by atoms with Crippen LogP contribution in [-0.4, -0.2) is 58.3 Å². The highest BCUT2D eigenvalue weighted by molar-refractivity contribution is 6.30. The first kappa shape index (κ1) is 26.6. The van der Waals surface area contributed by atoms with E-state index in [0.717, 1.165) is 0 Å². The smallest absolute Gasteiger partial charge is 0.356 e. The predicted octanol–water partition coefficient (Wildman–Crippen LogP) is 3.41. The number of nitrogens with zero attached hydrogens (tertiary/aromatic N) is 4. The van der Waals surface area contributed by atoms with Crippen LogP contribution in [0.5, 0.6) is 11.5 Å². The van der Waals surface area contributed by atoms with Crippen LogP contribution in [0.4, 0.5) is 5.69 Å². The van der Waals surface area contributed by atoms with Crippen LogP contribution >= 0.6 is 11.6 Å². The van der Waals surface area contributed by atoms with Crippen LogP contribution in [0.2, 0.25) is 5.02 Å². The van der Waals surface area contributed by atoms with Gasteiger partial charge in [-0.05, 0) is 42.5 Å². The topological polar surface area (TPSA) is 135 Å². The Bertz CT molecular complexity index is 1350. The molecule has 4 rings (SSSR count). The molecule has 2 N–H and O–H groups in total. The summed E-state index contributed by atoms with van der Waals surface area (Å²) < 4.78 is 10.5. The zero-order valence-electron chi connectivity index (χ0n) is 20.7. The number of anilines is 1. The van der Waals surface area contributed by atoms with Gasteiger partial charge < -0.3 is 20.1 Å². The Morgan fingerprint density at radius 1 is 1.11 bits per heavy atom. The molecule has 3 aromatic rings. The maximum atomic E-state index is 13.3. The number of esters is 1. The first-order chi connectivity index (χ1) is 18.4. The third-order valence-electron chi connectivity index (χ3n) is 5.48. The zero-order valence-corrected chi connectivity index (χ0v) is 21.4. The molecule has 0 spiro atoms. The van der Waals surface area contributed by atoms with Crippen LogP contribution in [-0.2, 0) is 20.9 Å². The molecule has 11 nitrogen and oxygen atoms in total. The Morgan fingerprint density at radius 3 is 2.58 bits per heavy atom. The summed E-state index contributed by atoms with van der Waals surface area (Å²) in [7, 11) is 1.28. The largest absolute Gasteiger partial charge is 0.464 e. The molecule has 1 atom stereocenters. The number of carbonyl (C=O) groups is 3. The number of methoxy groups -OCH3 is 1. The van der Waals surface area contributed by atoms with Gasteiger partial charge in [-0.15, -0.1) is 0 Å². The first-order valence-corrected chi connectivity index (χ1v) is 12.1. The average Bonchev–Trinajstić information content (AvgIpc) is 2.94. The highest BCUT2D eigenvalue weighted by Gasteiger charge is 2.33. The fourth-order valence-corrected chi connectivity index (χ4v) is 3.63. The number of halogens is 1. The van der Waals surface area contributed by atoms with Gasteiger partial charge in [0.05, 0.1) is 30.9 Å². The van der Waals surface area contributed by atoms with Gasteiger partial charge in [0, 0.05) is 30.6 Å². The quantitative estimate of drug-likeness (QED) is 0.418. The second kappa shape index (κ2) is 12.2. The minimum absolute atomic E-state index is 0.100. The SMILES string of the molecule is CCC(=O)NC1CN=C(Nc2ccc(Oc3ccnc(C(=O)OC)c3)cc2)N(Cc2ccc(Cl)cn2)C1=O. The molecule has 0 aliphatic carbocycles. The van der Waals surface area contributed by atoms with Crippen LogP contribution < -0.4 is 15.4 Å². The van der Waals surface area contributed by atoms with E-state index in [1.807, 2.05) is 0 Å². The summed E-state index contributed by atoms with van der Waals surface area (Å²) in [5.74, 6) is 0.156. The number of benzene rings is 1. The van der Waals surface area contributed by atoms with Crippen molar-refractivity contribution in [3.8, 4) is 11.5 Å². The van der Waals surface area contributed by atoms with Gasteiger partial charge in [-0.3, -0.25) is 19.5 Å². The van der Waals surface area contributed by atoms with Gasteiger partial charge in [0.1, 0.15) is 17.5 Å². The van der Waals surface area contributed by atoms with Gasteiger partial charge in [0.25, 0.3) is 5.91 Å². The molecule has 0 bridgehead atoms. The van der Waals surface area contributed by atoms with E-state index in [-0.39, 0.29) is 37.0 Å². The number of aliphatic imine (C=N–C) groups is 1. The molecule has 1 aromatic carbocycles. The van der Waals surface area contributed by atoms with Crippen molar-refractivity contribution in [1.82, 2.24) is 20.2 Å². The van der Waals surface area contributed by atoms with Crippen LogP contribution in [0.3, 0.4) is 0 Å². The number of ether oxygens (including phenoxy) is 2. The van der Waals surface area contributed by atoms with Crippen LogP contribution in [0, 0.1) is 0 Å². The van der Waals surface area contributed by atoms with Crippen molar-refractivity contribution >= 4 is 41.0 Å². The van der Waals surface area contributed by atoms with Crippen LogP contribution in [0.1, 0.15) is 29.5 Å². The van der Waals surface area contributed by atoms with Crippen molar-refractivity contribution in [2.45, 2.75) is 25.9 Å². The van der Waals surface area contributed by atoms with Gasteiger partial charge in [0.2, 0.25) is 11.9 Å². The maximum Gasteiger partial charge on any atom is 0.356 e. The summed E-state index contributed by atoms with van der Waals surface area (Å²) >= 11 is 5.95. The molecule has 0 saturated carbocycles. The molecule has 3 heterocycles. The van der Waals surface area contributed by atoms with E-state index in [0.29, 0.717) is 33.9 Å². The third kappa shape index (κ3) is 6.62. The van der Waals surface area contributed by atoms with Crippen molar-refractivity contribution in [1.29, 1.82) is 0 Å². The van der Waals surface area contributed by atoms with Crippen molar-refractivity contribution in [3.05, 3.63) is 77.3 Å². The molecule has 2 aromatic heterocycles.